The average molecular weight is 219 g/mol. The molecule has 1 fully saturated rings. The van der Waals surface area contributed by atoms with E-state index in [0.29, 0.717) is 0 Å². The molecule has 1 aliphatic rings. The highest BCUT2D eigenvalue weighted by Crippen LogP contribution is 2.17. The molecule has 0 unspecified atom stereocenters. The lowest BCUT2D eigenvalue weighted by Crippen LogP contribution is -2.36. The lowest BCUT2D eigenvalue weighted by atomic mass is 9.97. The SMILES string of the molecule is CCS(=O)(=O)NC1CCCCCCC1. The van der Waals surface area contributed by atoms with Gasteiger partial charge in [-0.1, -0.05) is 32.1 Å². The Kier molecular flexibility index (Phi) is 4.89. The Morgan fingerprint density at radius 2 is 1.57 bits per heavy atom. The largest absolute Gasteiger partial charge is 0.212 e. The maximum atomic E-state index is 11.4. The number of sulfonamides is 1. The second kappa shape index (κ2) is 5.71. The number of hydrogen-bond donors (Lipinski definition) is 1. The fraction of sp³-hybridized carbons (Fsp3) is 1.00. The van der Waals surface area contributed by atoms with Gasteiger partial charge in [0.25, 0.3) is 0 Å². The standard InChI is InChI=1S/C10H21NO2S/c1-2-14(12,13)11-10-8-6-4-3-5-7-9-10/h10-11H,2-9H2,1H3. The fourth-order valence-electron chi connectivity index (χ4n) is 1.91. The molecule has 0 aromatic heterocycles. The van der Waals surface area contributed by atoms with Gasteiger partial charge in [-0.15, -0.1) is 0 Å². The molecular formula is C10H21NO2S. The zero-order valence-electron chi connectivity index (χ0n) is 8.96. The van der Waals surface area contributed by atoms with Crippen molar-refractivity contribution in [2.75, 3.05) is 5.75 Å². The summed E-state index contributed by atoms with van der Waals surface area (Å²) in [6, 6.07) is 0.195. The molecule has 0 amide bonds. The molecule has 0 aromatic carbocycles. The van der Waals surface area contributed by atoms with E-state index in [2.05, 4.69) is 4.72 Å². The van der Waals surface area contributed by atoms with Crippen LogP contribution in [0.25, 0.3) is 0 Å². The van der Waals surface area contributed by atoms with Gasteiger partial charge in [-0.3, -0.25) is 0 Å². The summed E-state index contributed by atoms with van der Waals surface area (Å²) in [5.74, 6) is 0.198. The molecule has 3 nitrogen and oxygen atoms in total. The van der Waals surface area contributed by atoms with Crippen molar-refractivity contribution in [2.24, 2.45) is 0 Å². The van der Waals surface area contributed by atoms with Crippen LogP contribution in [0.1, 0.15) is 51.9 Å². The number of rotatable bonds is 3. The fourth-order valence-corrected chi connectivity index (χ4v) is 2.82. The molecule has 0 saturated heterocycles. The Morgan fingerprint density at radius 3 is 2.07 bits per heavy atom. The number of nitrogens with one attached hydrogen (secondary N) is 1. The first-order valence-electron chi connectivity index (χ1n) is 5.64. The van der Waals surface area contributed by atoms with Crippen molar-refractivity contribution in [3.8, 4) is 0 Å². The quantitative estimate of drug-likeness (QED) is 0.789. The van der Waals surface area contributed by atoms with Crippen LogP contribution in [0.3, 0.4) is 0 Å². The molecule has 4 heteroatoms. The molecule has 0 bridgehead atoms. The van der Waals surface area contributed by atoms with E-state index in [-0.39, 0.29) is 11.8 Å². The van der Waals surface area contributed by atoms with Gasteiger partial charge in [0.1, 0.15) is 0 Å². The third kappa shape index (κ3) is 4.42. The molecule has 0 aromatic rings. The average Bonchev–Trinajstić information content (AvgIpc) is 2.10. The van der Waals surface area contributed by atoms with Crippen molar-refractivity contribution >= 4 is 10.0 Å². The summed E-state index contributed by atoms with van der Waals surface area (Å²) >= 11 is 0. The molecular weight excluding hydrogens is 198 g/mol. The van der Waals surface area contributed by atoms with Crippen LogP contribution >= 0.6 is 0 Å². The van der Waals surface area contributed by atoms with Crippen LogP contribution in [0.5, 0.6) is 0 Å². The van der Waals surface area contributed by atoms with Crippen molar-refractivity contribution in [1.29, 1.82) is 0 Å². The lowest BCUT2D eigenvalue weighted by molar-refractivity contribution is 0.426. The molecule has 1 N–H and O–H groups in total. The molecule has 1 aliphatic carbocycles. The van der Waals surface area contributed by atoms with E-state index in [0.717, 1.165) is 25.7 Å². The van der Waals surface area contributed by atoms with E-state index in [1.807, 2.05) is 0 Å². The van der Waals surface area contributed by atoms with E-state index >= 15 is 0 Å². The van der Waals surface area contributed by atoms with E-state index in [1.165, 1.54) is 19.3 Å². The molecule has 1 rings (SSSR count). The van der Waals surface area contributed by atoms with Gasteiger partial charge in [0.2, 0.25) is 10.0 Å². The van der Waals surface area contributed by atoms with Crippen LogP contribution in [0.2, 0.25) is 0 Å². The van der Waals surface area contributed by atoms with Crippen LogP contribution in [0, 0.1) is 0 Å². The Balaban J connectivity index is 2.41. The maximum absolute atomic E-state index is 11.4. The molecule has 1 saturated carbocycles. The van der Waals surface area contributed by atoms with E-state index < -0.39 is 10.0 Å². The zero-order chi connectivity index (χ0) is 10.4. The van der Waals surface area contributed by atoms with Gasteiger partial charge in [-0.2, -0.15) is 0 Å². The van der Waals surface area contributed by atoms with Crippen LogP contribution < -0.4 is 4.72 Å². The second-order valence-electron chi connectivity index (χ2n) is 4.06. The maximum Gasteiger partial charge on any atom is 0.211 e. The van der Waals surface area contributed by atoms with Crippen LogP contribution in [-0.4, -0.2) is 20.2 Å². The van der Waals surface area contributed by atoms with Gasteiger partial charge in [-0.05, 0) is 19.8 Å². The summed E-state index contributed by atoms with van der Waals surface area (Å²) in [4.78, 5) is 0. The van der Waals surface area contributed by atoms with Gasteiger partial charge < -0.3 is 0 Å². The minimum Gasteiger partial charge on any atom is -0.212 e. The smallest absolute Gasteiger partial charge is 0.211 e. The Labute approximate surface area is 87.3 Å². The van der Waals surface area contributed by atoms with Gasteiger partial charge in [0.15, 0.2) is 0 Å². The predicted molar refractivity (Wildman–Crippen MR) is 58.7 cm³/mol. The first-order chi connectivity index (χ1) is 6.64. The second-order valence-corrected chi connectivity index (χ2v) is 6.11. The predicted octanol–water partition coefficient (Wildman–Crippen LogP) is 2.04. The summed E-state index contributed by atoms with van der Waals surface area (Å²) in [5.41, 5.74) is 0. The van der Waals surface area contributed by atoms with Crippen molar-refractivity contribution < 1.29 is 8.42 Å². The van der Waals surface area contributed by atoms with Gasteiger partial charge in [0, 0.05) is 6.04 Å². The summed E-state index contributed by atoms with van der Waals surface area (Å²) in [7, 11) is -3.00. The monoisotopic (exact) mass is 219 g/mol. The van der Waals surface area contributed by atoms with Gasteiger partial charge in [0.05, 0.1) is 5.75 Å². The molecule has 0 radical (unpaired) electrons. The zero-order valence-corrected chi connectivity index (χ0v) is 9.78. The molecule has 14 heavy (non-hydrogen) atoms. The van der Waals surface area contributed by atoms with Gasteiger partial charge >= 0.3 is 0 Å². The highest BCUT2D eigenvalue weighted by molar-refractivity contribution is 7.89. The topological polar surface area (TPSA) is 46.2 Å². The molecule has 84 valence electrons. The Hall–Kier alpha value is -0.0900. The third-order valence-corrected chi connectivity index (χ3v) is 4.28. The summed E-state index contributed by atoms with van der Waals surface area (Å²) < 4.78 is 25.5. The Morgan fingerprint density at radius 1 is 1.07 bits per heavy atom. The first kappa shape index (κ1) is 12.0. The minimum absolute atomic E-state index is 0.195. The highest BCUT2D eigenvalue weighted by Gasteiger charge is 2.16. The summed E-state index contributed by atoms with van der Waals surface area (Å²) in [6.45, 7) is 1.69. The van der Waals surface area contributed by atoms with Crippen LogP contribution in [-0.2, 0) is 10.0 Å². The van der Waals surface area contributed by atoms with Crippen molar-refractivity contribution in [3.05, 3.63) is 0 Å². The summed E-state index contributed by atoms with van der Waals surface area (Å²) in [6.07, 6.45) is 8.17. The lowest BCUT2D eigenvalue weighted by Gasteiger charge is -2.20. The van der Waals surface area contributed by atoms with Crippen LogP contribution in [0.4, 0.5) is 0 Å². The number of hydrogen-bond acceptors (Lipinski definition) is 2. The minimum atomic E-state index is -3.00. The molecule has 0 aliphatic heterocycles. The van der Waals surface area contributed by atoms with E-state index in [9.17, 15) is 8.42 Å². The van der Waals surface area contributed by atoms with Crippen molar-refractivity contribution in [1.82, 2.24) is 4.72 Å². The van der Waals surface area contributed by atoms with Crippen molar-refractivity contribution in [2.45, 2.75) is 57.9 Å². The highest BCUT2D eigenvalue weighted by atomic mass is 32.2. The first-order valence-corrected chi connectivity index (χ1v) is 7.29. The van der Waals surface area contributed by atoms with E-state index in [4.69, 9.17) is 0 Å². The third-order valence-electron chi connectivity index (χ3n) is 2.83. The molecule has 0 atom stereocenters. The molecule has 0 spiro atoms. The van der Waals surface area contributed by atoms with Gasteiger partial charge in [-0.25, -0.2) is 13.1 Å². The van der Waals surface area contributed by atoms with Crippen LogP contribution in [0.15, 0.2) is 0 Å². The van der Waals surface area contributed by atoms with E-state index in [1.54, 1.807) is 6.92 Å². The normalized spacial score (nSPS) is 21.5. The summed E-state index contributed by atoms with van der Waals surface area (Å²) in [5, 5.41) is 0. The Bertz CT molecular complexity index is 241. The molecule has 0 heterocycles. The van der Waals surface area contributed by atoms with Crippen molar-refractivity contribution in [3.63, 3.8) is 0 Å².